The Kier molecular flexibility index (Phi) is 5.09. The number of aryl methyl sites for hydroxylation is 1. The van der Waals surface area contributed by atoms with Gasteiger partial charge in [-0.15, -0.1) is 0 Å². The zero-order valence-corrected chi connectivity index (χ0v) is 16.6. The van der Waals surface area contributed by atoms with Gasteiger partial charge in [-0.3, -0.25) is 9.10 Å². The first-order valence-corrected chi connectivity index (χ1v) is 10.4. The molecule has 1 fully saturated rings. The maximum absolute atomic E-state index is 12.6. The first-order chi connectivity index (χ1) is 11.8. The largest absolute Gasteiger partial charge is 0.322 e. The molecule has 1 amide bonds. The lowest BCUT2D eigenvalue weighted by atomic mass is 10.1. The Morgan fingerprint density at radius 2 is 2.00 bits per heavy atom. The minimum Gasteiger partial charge on any atom is -0.322 e. The number of anilines is 2. The molecule has 0 unspecified atom stereocenters. The summed E-state index contributed by atoms with van der Waals surface area (Å²) in [4.78, 5) is 12.6. The molecular formula is C17H16BrClN2O3S. The first kappa shape index (κ1) is 18.2. The highest BCUT2D eigenvalue weighted by atomic mass is 79.9. The van der Waals surface area contributed by atoms with E-state index in [1.165, 1.54) is 10.4 Å². The summed E-state index contributed by atoms with van der Waals surface area (Å²) in [6, 6.07) is 10.2. The number of amides is 1. The molecule has 0 aliphatic carbocycles. The third-order valence-electron chi connectivity index (χ3n) is 3.88. The lowest BCUT2D eigenvalue weighted by Crippen LogP contribution is -2.25. The second kappa shape index (κ2) is 6.97. The third kappa shape index (κ3) is 3.99. The SMILES string of the molecule is Cc1cc(Br)cc(NC(=O)c2cc(N3CCCS3(=O)=O)ccc2Cl)c1. The molecule has 25 heavy (non-hydrogen) atoms. The Labute approximate surface area is 160 Å². The van der Waals surface area contributed by atoms with E-state index >= 15 is 0 Å². The predicted molar refractivity (Wildman–Crippen MR) is 104 cm³/mol. The summed E-state index contributed by atoms with van der Waals surface area (Å²) in [6.45, 7) is 2.34. The minimum absolute atomic E-state index is 0.120. The Hall–Kier alpha value is -1.57. The number of nitrogens with zero attached hydrogens (tertiary/aromatic N) is 1. The number of hydrogen-bond acceptors (Lipinski definition) is 3. The molecule has 1 aliphatic heterocycles. The smallest absolute Gasteiger partial charge is 0.257 e. The standard InChI is InChI=1S/C17H16BrClN2O3S/c1-11-7-12(18)9-13(8-11)20-17(22)15-10-14(3-4-16(15)19)21-5-2-6-25(21,23)24/h3-4,7-10H,2,5-6H2,1H3,(H,20,22). The number of rotatable bonds is 3. The summed E-state index contributed by atoms with van der Waals surface area (Å²) < 4.78 is 26.3. The van der Waals surface area contributed by atoms with Gasteiger partial charge in [0.05, 0.1) is 22.0 Å². The van der Waals surface area contributed by atoms with E-state index in [0.29, 0.717) is 24.3 Å². The van der Waals surface area contributed by atoms with Crippen molar-refractivity contribution < 1.29 is 13.2 Å². The second-order valence-corrected chi connectivity index (χ2v) is 9.21. The molecule has 1 N–H and O–H groups in total. The Bertz CT molecular complexity index is 927. The van der Waals surface area contributed by atoms with E-state index in [1.54, 1.807) is 18.2 Å². The number of benzene rings is 2. The summed E-state index contributed by atoms with van der Waals surface area (Å²) in [5.41, 5.74) is 2.32. The highest BCUT2D eigenvalue weighted by molar-refractivity contribution is 9.10. The van der Waals surface area contributed by atoms with Crippen LogP contribution in [0.1, 0.15) is 22.3 Å². The number of hydrogen-bond donors (Lipinski definition) is 1. The minimum atomic E-state index is -3.31. The van der Waals surface area contributed by atoms with Crippen molar-refractivity contribution in [3.8, 4) is 0 Å². The maximum Gasteiger partial charge on any atom is 0.257 e. The number of halogens is 2. The summed E-state index contributed by atoms with van der Waals surface area (Å²) in [5, 5.41) is 3.07. The topological polar surface area (TPSA) is 66.5 Å². The van der Waals surface area contributed by atoms with Crippen LogP contribution in [0.3, 0.4) is 0 Å². The zero-order chi connectivity index (χ0) is 18.2. The number of carbonyl (C=O) groups is 1. The Balaban J connectivity index is 1.91. The van der Waals surface area contributed by atoms with Crippen molar-refractivity contribution in [2.24, 2.45) is 0 Å². The highest BCUT2D eigenvalue weighted by Crippen LogP contribution is 2.29. The van der Waals surface area contributed by atoms with Gasteiger partial charge < -0.3 is 5.32 Å². The fourth-order valence-electron chi connectivity index (χ4n) is 2.78. The van der Waals surface area contributed by atoms with Crippen LogP contribution in [-0.4, -0.2) is 26.6 Å². The molecule has 0 saturated carbocycles. The molecule has 8 heteroatoms. The van der Waals surface area contributed by atoms with Crippen LogP contribution in [0.25, 0.3) is 0 Å². The molecular weight excluding hydrogens is 428 g/mol. The fourth-order valence-corrected chi connectivity index (χ4v) is 5.15. The number of carbonyl (C=O) groups excluding carboxylic acids is 1. The van der Waals surface area contributed by atoms with Gasteiger partial charge >= 0.3 is 0 Å². The second-order valence-electron chi connectivity index (χ2n) is 5.88. The average molecular weight is 444 g/mol. The van der Waals surface area contributed by atoms with Crippen LogP contribution >= 0.6 is 27.5 Å². The van der Waals surface area contributed by atoms with E-state index in [4.69, 9.17) is 11.6 Å². The van der Waals surface area contributed by atoms with Crippen LogP contribution in [0.4, 0.5) is 11.4 Å². The fraction of sp³-hybridized carbons (Fsp3) is 0.235. The van der Waals surface area contributed by atoms with Gasteiger partial charge in [0.25, 0.3) is 5.91 Å². The van der Waals surface area contributed by atoms with E-state index in [9.17, 15) is 13.2 Å². The summed E-state index contributed by atoms with van der Waals surface area (Å²) in [6.07, 6.45) is 0.573. The van der Waals surface area contributed by atoms with Crippen LogP contribution in [0, 0.1) is 6.92 Å². The predicted octanol–water partition coefficient (Wildman–Crippen LogP) is 4.20. The van der Waals surface area contributed by atoms with Crippen molar-refractivity contribution in [2.75, 3.05) is 21.9 Å². The summed E-state index contributed by atoms with van der Waals surface area (Å²) >= 11 is 9.55. The molecule has 0 radical (unpaired) electrons. The van der Waals surface area contributed by atoms with Gasteiger partial charge in [0, 0.05) is 16.7 Å². The van der Waals surface area contributed by atoms with Crippen LogP contribution in [0.2, 0.25) is 5.02 Å². The van der Waals surface area contributed by atoms with Crippen LogP contribution in [-0.2, 0) is 10.0 Å². The lowest BCUT2D eigenvalue weighted by molar-refractivity contribution is 0.102. The molecule has 1 heterocycles. The van der Waals surface area contributed by atoms with Crippen LogP contribution in [0.15, 0.2) is 40.9 Å². The van der Waals surface area contributed by atoms with E-state index < -0.39 is 10.0 Å². The van der Waals surface area contributed by atoms with Gasteiger partial charge in [-0.25, -0.2) is 8.42 Å². The zero-order valence-electron chi connectivity index (χ0n) is 13.4. The van der Waals surface area contributed by atoms with E-state index in [2.05, 4.69) is 21.2 Å². The highest BCUT2D eigenvalue weighted by Gasteiger charge is 2.29. The van der Waals surface area contributed by atoms with Crippen LogP contribution < -0.4 is 9.62 Å². The molecule has 0 bridgehead atoms. The monoisotopic (exact) mass is 442 g/mol. The van der Waals surface area contributed by atoms with Gasteiger partial charge in [-0.05, 0) is 55.3 Å². The molecule has 2 aromatic rings. The normalized spacial score (nSPS) is 16.0. The van der Waals surface area contributed by atoms with Gasteiger partial charge in [0.15, 0.2) is 0 Å². The van der Waals surface area contributed by atoms with E-state index in [-0.39, 0.29) is 22.2 Å². The lowest BCUT2D eigenvalue weighted by Gasteiger charge is -2.18. The van der Waals surface area contributed by atoms with Gasteiger partial charge in [0.2, 0.25) is 10.0 Å². The van der Waals surface area contributed by atoms with Crippen molar-refractivity contribution in [3.63, 3.8) is 0 Å². The van der Waals surface area contributed by atoms with Crippen molar-refractivity contribution in [3.05, 3.63) is 57.0 Å². The molecule has 3 rings (SSSR count). The quantitative estimate of drug-likeness (QED) is 0.773. The Morgan fingerprint density at radius 1 is 1.24 bits per heavy atom. The van der Waals surface area contributed by atoms with Crippen molar-refractivity contribution in [1.29, 1.82) is 0 Å². The summed E-state index contributed by atoms with van der Waals surface area (Å²) in [7, 11) is -3.31. The third-order valence-corrected chi connectivity index (χ3v) is 6.54. The average Bonchev–Trinajstić information content (AvgIpc) is 2.86. The molecule has 2 aromatic carbocycles. The van der Waals surface area contributed by atoms with E-state index in [0.717, 1.165) is 10.0 Å². The van der Waals surface area contributed by atoms with Crippen molar-refractivity contribution in [2.45, 2.75) is 13.3 Å². The van der Waals surface area contributed by atoms with Crippen LogP contribution in [0.5, 0.6) is 0 Å². The van der Waals surface area contributed by atoms with Gasteiger partial charge in [0.1, 0.15) is 0 Å². The Morgan fingerprint density at radius 3 is 2.64 bits per heavy atom. The van der Waals surface area contributed by atoms with Gasteiger partial charge in [-0.1, -0.05) is 27.5 Å². The molecule has 1 saturated heterocycles. The molecule has 5 nitrogen and oxygen atoms in total. The maximum atomic E-state index is 12.6. The first-order valence-electron chi connectivity index (χ1n) is 7.65. The van der Waals surface area contributed by atoms with Gasteiger partial charge in [-0.2, -0.15) is 0 Å². The molecule has 0 spiro atoms. The van der Waals surface area contributed by atoms with Crippen molar-refractivity contribution >= 4 is 54.8 Å². The molecule has 132 valence electrons. The molecule has 1 aliphatic rings. The molecule has 0 aromatic heterocycles. The number of nitrogens with one attached hydrogen (secondary N) is 1. The van der Waals surface area contributed by atoms with E-state index in [1.807, 2.05) is 19.1 Å². The summed E-state index contributed by atoms with van der Waals surface area (Å²) in [5.74, 6) is -0.268. The van der Waals surface area contributed by atoms with Crippen molar-refractivity contribution in [1.82, 2.24) is 0 Å². The number of sulfonamides is 1. The molecule has 0 atom stereocenters.